The average molecular weight is 328 g/mol. The van der Waals surface area contributed by atoms with Crippen LogP contribution < -0.4 is 5.73 Å². The van der Waals surface area contributed by atoms with Crippen LogP contribution in [0.5, 0.6) is 0 Å². The third kappa shape index (κ3) is 3.63. The summed E-state index contributed by atoms with van der Waals surface area (Å²) in [5, 5.41) is 2.06. The second-order valence-corrected chi connectivity index (χ2v) is 5.11. The van der Waals surface area contributed by atoms with Crippen LogP contribution in [-0.4, -0.2) is 0 Å². The maximum atomic E-state index is 12.6. The van der Waals surface area contributed by atoms with Gasteiger partial charge < -0.3 is 5.73 Å². The summed E-state index contributed by atoms with van der Waals surface area (Å²) in [4.78, 5) is 0.774. The van der Waals surface area contributed by atoms with Gasteiger partial charge in [-0.3, -0.25) is 0 Å². The lowest BCUT2D eigenvalue weighted by molar-refractivity contribution is -0.137. The average Bonchev–Trinajstić information content (AvgIpc) is 2.80. The van der Waals surface area contributed by atoms with Gasteiger partial charge in [-0.25, -0.2) is 0 Å². The molecule has 0 fully saturated rings. The van der Waals surface area contributed by atoms with Crippen LogP contribution in [0.4, 0.5) is 13.2 Å². The van der Waals surface area contributed by atoms with Crippen molar-refractivity contribution in [1.29, 1.82) is 0 Å². The Hall–Kier alpha value is -0.750. The van der Waals surface area contributed by atoms with Crippen LogP contribution in [0.2, 0.25) is 5.02 Å². The SMILES string of the molecule is Cl.N[C@@H](c1cccs1)c1cc(C(F)(F)F)ccc1Cl. The summed E-state index contributed by atoms with van der Waals surface area (Å²) < 4.78 is 37.9. The highest BCUT2D eigenvalue weighted by atomic mass is 35.5. The number of hydrogen-bond acceptors (Lipinski definition) is 2. The van der Waals surface area contributed by atoms with Crippen LogP contribution in [0.3, 0.4) is 0 Å². The van der Waals surface area contributed by atoms with E-state index in [0.717, 1.165) is 17.0 Å². The minimum absolute atomic E-state index is 0. The molecular weight excluding hydrogens is 318 g/mol. The third-order valence-electron chi connectivity index (χ3n) is 2.51. The lowest BCUT2D eigenvalue weighted by Crippen LogP contribution is -2.13. The highest BCUT2D eigenvalue weighted by molar-refractivity contribution is 7.10. The summed E-state index contributed by atoms with van der Waals surface area (Å²) in [6.07, 6.45) is -4.39. The Bertz CT molecular complexity index is 540. The van der Waals surface area contributed by atoms with E-state index in [4.69, 9.17) is 17.3 Å². The molecule has 2 aromatic rings. The summed E-state index contributed by atoms with van der Waals surface area (Å²) in [6, 6.07) is 6.11. The van der Waals surface area contributed by atoms with E-state index >= 15 is 0 Å². The number of nitrogens with two attached hydrogens (primary N) is 1. The fraction of sp³-hybridized carbons (Fsp3) is 0.167. The summed E-state index contributed by atoms with van der Waals surface area (Å²) in [6.45, 7) is 0. The Morgan fingerprint density at radius 2 is 1.89 bits per heavy atom. The number of thiophene rings is 1. The molecule has 1 nitrogen and oxygen atoms in total. The zero-order valence-corrected chi connectivity index (χ0v) is 11.8. The highest BCUT2D eigenvalue weighted by Crippen LogP contribution is 2.35. The molecule has 104 valence electrons. The van der Waals surface area contributed by atoms with E-state index in [1.165, 1.54) is 17.4 Å². The van der Waals surface area contributed by atoms with Crippen molar-refractivity contribution in [2.45, 2.75) is 12.2 Å². The monoisotopic (exact) mass is 327 g/mol. The second kappa shape index (κ2) is 6.13. The van der Waals surface area contributed by atoms with Crippen LogP contribution in [0, 0.1) is 0 Å². The smallest absolute Gasteiger partial charge is 0.320 e. The van der Waals surface area contributed by atoms with Crippen LogP contribution in [0.15, 0.2) is 35.7 Å². The topological polar surface area (TPSA) is 26.0 Å². The highest BCUT2D eigenvalue weighted by Gasteiger charge is 2.31. The van der Waals surface area contributed by atoms with Crippen molar-refractivity contribution >= 4 is 35.3 Å². The fourth-order valence-electron chi connectivity index (χ4n) is 1.58. The Kier molecular flexibility index (Phi) is 5.26. The van der Waals surface area contributed by atoms with Gasteiger partial charge in [0.15, 0.2) is 0 Å². The number of halogens is 5. The van der Waals surface area contributed by atoms with Gasteiger partial charge >= 0.3 is 6.18 Å². The largest absolute Gasteiger partial charge is 0.416 e. The van der Waals surface area contributed by atoms with E-state index in [-0.39, 0.29) is 23.0 Å². The summed E-state index contributed by atoms with van der Waals surface area (Å²) >= 11 is 7.30. The minimum Gasteiger partial charge on any atom is -0.320 e. The van der Waals surface area contributed by atoms with Crippen molar-refractivity contribution in [2.24, 2.45) is 5.73 Å². The van der Waals surface area contributed by atoms with E-state index in [1.807, 2.05) is 5.38 Å². The molecular formula is C12H10Cl2F3NS. The van der Waals surface area contributed by atoms with Gasteiger partial charge in [0.2, 0.25) is 0 Å². The molecule has 0 saturated heterocycles. The van der Waals surface area contributed by atoms with Gasteiger partial charge in [-0.05, 0) is 35.2 Å². The second-order valence-electron chi connectivity index (χ2n) is 3.73. The first kappa shape index (κ1) is 16.3. The van der Waals surface area contributed by atoms with Crippen LogP contribution in [-0.2, 0) is 6.18 Å². The maximum Gasteiger partial charge on any atom is 0.416 e. The molecule has 1 heterocycles. The van der Waals surface area contributed by atoms with E-state index in [2.05, 4.69) is 0 Å². The van der Waals surface area contributed by atoms with Gasteiger partial charge in [0.1, 0.15) is 0 Å². The van der Waals surface area contributed by atoms with Crippen molar-refractivity contribution in [2.75, 3.05) is 0 Å². The summed E-state index contributed by atoms with van der Waals surface area (Å²) in [7, 11) is 0. The Labute approximate surface area is 123 Å². The van der Waals surface area contributed by atoms with Crippen LogP contribution >= 0.6 is 35.3 Å². The molecule has 19 heavy (non-hydrogen) atoms. The van der Waals surface area contributed by atoms with E-state index in [1.54, 1.807) is 12.1 Å². The number of rotatable bonds is 2. The molecule has 2 rings (SSSR count). The van der Waals surface area contributed by atoms with Crippen molar-refractivity contribution in [3.05, 3.63) is 56.7 Å². The molecule has 7 heteroatoms. The Morgan fingerprint density at radius 1 is 1.21 bits per heavy atom. The standard InChI is InChI=1S/C12H9ClF3NS.ClH/c13-9-4-3-7(12(14,15)16)6-8(9)11(17)10-2-1-5-18-10;/h1-6,11H,17H2;1H/t11-;/m1./s1. The molecule has 0 spiro atoms. The lowest BCUT2D eigenvalue weighted by Gasteiger charge is -2.15. The molecule has 0 radical (unpaired) electrons. The number of alkyl halides is 3. The summed E-state index contributed by atoms with van der Waals surface area (Å²) in [5.41, 5.74) is 5.48. The van der Waals surface area contributed by atoms with Crippen LogP contribution in [0.25, 0.3) is 0 Å². The molecule has 0 aliphatic heterocycles. The first-order valence-electron chi connectivity index (χ1n) is 5.05. The van der Waals surface area contributed by atoms with E-state index < -0.39 is 17.8 Å². The third-order valence-corrected chi connectivity index (χ3v) is 3.81. The zero-order chi connectivity index (χ0) is 13.3. The minimum atomic E-state index is -4.39. The summed E-state index contributed by atoms with van der Waals surface area (Å²) in [5.74, 6) is 0. The van der Waals surface area contributed by atoms with Crippen LogP contribution in [0.1, 0.15) is 22.0 Å². The maximum absolute atomic E-state index is 12.6. The van der Waals surface area contributed by atoms with Crippen molar-refractivity contribution in [3.8, 4) is 0 Å². The van der Waals surface area contributed by atoms with Gasteiger partial charge in [-0.2, -0.15) is 13.2 Å². The molecule has 1 aromatic heterocycles. The molecule has 0 bridgehead atoms. The Morgan fingerprint density at radius 3 is 2.42 bits per heavy atom. The molecule has 2 N–H and O–H groups in total. The van der Waals surface area contributed by atoms with Gasteiger partial charge in [-0.15, -0.1) is 23.7 Å². The molecule has 0 aliphatic carbocycles. The number of hydrogen-bond donors (Lipinski definition) is 1. The molecule has 1 atom stereocenters. The Balaban J connectivity index is 0.00000180. The van der Waals surface area contributed by atoms with E-state index in [0.29, 0.717) is 0 Å². The number of benzene rings is 1. The molecule has 0 unspecified atom stereocenters. The predicted octanol–water partition coefficient (Wildman–Crippen LogP) is 4.89. The van der Waals surface area contributed by atoms with Crippen molar-refractivity contribution in [1.82, 2.24) is 0 Å². The van der Waals surface area contributed by atoms with Gasteiger partial charge in [-0.1, -0.05) is 17.7 Å². The molecule has 0 amide bonds. The molecule has 0 saturated carbocycles. The normalized spacial score (nSPS) is 12.9. The first-order chi connectivity index (χ1) is 8.39. The fourth-order valence-corrected chi connectivity index (χ4v) is 2.56. The van der Waals surface area contributed by atoms with Gasteiger partial charge in [0.05, 0.1) is 11.6 Å². The predicted molar refractivity (Wildman–Crippen MR) is 74.1 cm³/mol. The van der Waals surface area contributed by atoms with E-state index in [9.17, 15) is 13.2 Å². The first-order valence-corrected chi connectivity index (χ1v) is 6.31. The zero-order valence-electron chi connectivity index (χ0n) is 9.45. The van der Waals surface area contributed by atoms with Crippen molar-refractivity contribution < 1.29 is 13.2 Å². The molecule has 0 aliphatic rings. The molecule has 1 aromatic carbocycles. The quantitative estimate of drug-likeness (QED) is 0.834. The van der Waals surface area contributed by atoms with Crippen molar-refractivity contribution in [3.63, 3.8) is 0 Å². The lowest BCUT2D eigenvalue weighted by atomic mass is 10.0. The van der Waals surface area contributed by atoms with Gasteiger partial charge in [0.25, 0.3) is 0 Å². The van der Waals surface area contributed by atoms with Gasteiger partial charge in [0, 0.05) is 9.90 Å².